The Labute approximate surface area is 86.9 Å². The van der Waals surface area contributed by atoms with Gasteiger partial charge in [-0.1, -0.05) is 0 Å². The monoisotopic (exact) mass is 209 g/mol. The summed E-state index contributed by atoms with van der Waals surface area (Å²) in [5, 5.41) is 3.29. The van der Waals surface area contributed by atoms with Crippen molar-refractivity contribution in [2.24, 2.45) is 5.92 Å². The summed E-state index contributed by atoms with van der Waals surface area (Å²) >= 11 is 0. The van der Waals surface area contributed by atoms with E-state index in [-0.39, 0.29) is 5.56 Å². The summed E-state index contributed by atoms with van der Waals surface area (Å²) in [6.07, 6.45) is 4.44. The summed E-state index contributed by atoms with van der Waals surface area (Å²) in [6.45, 7) is 2.12. The molecular weight excluding hydrogens is 194 g/mol. The van der Waals surface area contributed by atoms with E-state index in [1.54, 1.807) is 0 Å². The second kappa shape index (κ2) is 4.44. The SMILES string of the molecule is O=c1[nH]cc(CCC2CCNC2)c(=O)[nH]1. The lowest BCUT2D eigenvalue weighted by molar-refractivity contribution is 0.530. The first-order valence-corrected chi connectivity index (χ1v) is 5.27. The van der Waals surface area contributed by atoms with Crippen molar-refractivity contribution in [1.29, 1.82) is 0 Å². The van der Waals surface area contributed by atoms with Gasteiger partial charge in [0.05, 0.1) is 0 Å². The molecule has 0 radical (unpaired) electrons. The highest BCUT2D eigenvalue weighted by Gasteiger charge is 2.14. The molecule has 0 aliphatic carbocycles. The standard InChI is InChI=1S/C10H15N3O2/c14-9-8(6-12-10(15)13-9)2-1-7-3-4-11-5-7/h6-7,11H,1-5H2,(H2,12,13,14,15). The third-order valence-electron chi connectivity index (χ3n) is 2.88. The molecular formula is C10H15N3O2. The maximum absolute atomic E-state index is 11.4. The van der Waals surface area contributed by atoms with E-state index in [1.807, 2.05) is 0 Å². The van der Waals surface area contributed by atoms with Crippen LogP contribution in [-0.2, 0) is 6.42 Å². The average Bonchev–Trinajstić information content (AvgIpc) is 2.69. The van der Waals surface area contributed by atoms with Crippen LogP contribution in [0.3, 0.4) is 0 Å². The minimum atomic E-state index is -0.439. The lowest BCUT2D eigenvalue weighted by Crippen LogP contribution is -2.25. The normalized spacial score (nSPS) is 20.7. The molecule has 1 aromatic rings. The summed E-state index contributed by atoms with van der Waals surface area (Å²) in [7, 11) is 0. The van der Waals surface area contributed by atoms with E-state index in [4.69, 9.17) is 0 Å². The highest BCUT2D eigenvalue weighted by Crippen LogP contribution is 2.13. The minimum Gasteiger partial charge on any atom is -0.316 e. The summed E-state index contributed by atoms with van der Waals surface area (Å²) in [4.78, 5) is 26.9. The molecule has 1 fully saturated rings. The molecule has 1 unspecified atom stereocenters. The van der Waals surface area contributed by atoms with Crippen molar-refractivity contribution in [2.45, 2.75) is 19.3 Å². The Morgan fingerprint density at radius 2 is 2.27 bits per heavy atom. The molecule has 0 amide bonds. The predicted octanol–water partition coefficient (Wildman–Crippen LogP) is -0.395. The van der Waals surface area contributed by atoms with Crippen LogP contribution in [-0.4, -0.2) is 23.1 Å². The molecule has 1 aliphatic rings. The maximum atomic E-state index is 11.4. The Morgan fingerprint density at radius 3 is 2.93 bits per heavy atom. The van der Waals surface area contributed by atoms with Crippen molar-refractivity contribution >= 4 is 0 Å². The van der Waals surface area contributed by atoms with Crippen LogP contribution in [0.25, 0.3) is 0 Å². The van der Waals surface area contributed by atoms with Gasteiger partial charge in [-0.05, 0) is 38.3 Å². The van der Waals surface area contributed by atoms with E-state index in [9.17, 15) is 9.59 Å². The largest absolute Gasteiger partial charge is 0.325 e. The number of hydrogen-bond acceptors (Lipinski definition) is 3. The van der Waals surface area contributed by atoms with Gasteiger partial charge >= 0.3 is 5.69 Å². The van der Waals surface area contributed by atoms with Crippen molar-refractivity contribution in [1.82, 2.24) is 15.3 Å². The molecule has 5 heteroatoms. The highest BCUT2D eigenvalue weighted by molar-refractivity contribution is 5.03. The molecule has 15 heavy (non-hydrogen) atoms. The molecule has 1 atom stereocenters. The van der Waals surface area contributed by atoms with Gasteiger partial charge < -0.3 is 10.3 Å². The minimum absolute atomic E-state index is 0.260. The van der Waals surface area contributed by atoms with E-state index in [0.717, 1.165) is 25.9 Å². The fraction of sp³-hybridized carbons (Fsp3) is 0.600. The fourth-order valence-corrected chi connectivity index (χ4v) is 1.94. The van der Waals surface area contributed by atoms with Crippen LogP contribution in [0, 0.1) is 5.92 Å². The number of hydrogen-bond donors (Lipinski definition) is 3. The van der Waals surface area contributed by atoms with Crippen LogP contribution in [0.5, 0.6) is 0 Å². The van der Waals surface area contributed by atoms with Gasteiger partial charge in [-0.2, -0.15) is 0 Å². The number of rotatable bonds is 3. The van der Waals surface area contributed by atoms with Crippen LogP contribution in [0.2, 0.25) is 0 Å². The molecule has 3 N–H and O–H groups in total. The van der Waals surface area contributed by atoms with Crippen molar-refractivity contribution in [3.63, 3.8) is 0 Å². The summed E-state index contributed by atoms with van der Waals surface area (Å²) in [5.74, 6) is 0.663. The molecule has 1 saturated heterocycles. The van der Waals surface area contributed by atoms with E-state index in [2.05, 4.69) is 15.3 Å². The van der Waals surface area contributed by atoms with Crippen LogP contribution < -0.4 is 16.6 Å². The molecule has 5 nitrogen and oxygen atoms in total. The summed E-state index contributed by atoms with van der Waals surface area (Å²) in [6, 6.07) is 0. The molecule has 0 aromatic carbocycles. The number of nitrogens with one attached hydrogen (secondary N) is 3. The molecule has 2 rings (SSSR count). The zero-order valence-electron chi connectivity index (χ0n) is 8.51. The van der Waals surface area contributed by atoms with Gasteiger partial charge in [0.1, 0.15) is 0 Å². The molecule has 82 valence electrons. The predicted molar refractivity (Wildman–Crippen MR) is 57.0 cm³/mol. The van der Waals surface area contributed by atoms with E-state index in [0.29, 0.717) is 11.5 Å². The van der Waals surface area contributed by atoms with Crippen LogP contribution in [0.15, 0.2) is 15.8 Å². The Hall–Kier alpha value is -1.36. The van der Waals surface area contributed by atoms with Gasteiger partial charge in [-0.3, -0.25) is 9.78 Å². The van der Waals surface area contributed by atoms with Gasteiger partial charge in [-0.25, -0.2) is 4.79 Å². The Morgan fingerprint density at radius 1 is 1.40 bits per heavy atom. The lowest BCUT2D eigenvalue weighted by atomic mass is 10.0. The van der Waals surface area contributed by atoms with Crippen molar-refractivity contribution in [3.05, 3.63) is 32.6 Å². The zero-order valence-corrected chi connectivity index (χ0v) is 8.51. The Bertz CT molecular complexity index is 429. The number of aryl methyl sites for hydroxylation is 1. The Kier molecular flexibility index (Phi) is 3.01. The van der Waals surface area contributed by atoms with E-state index < -0.39 is 5.69 Å². The third-order valence-corrected chi connectivity index (χ3v) is 2.88. The van der Waals surface area contributed by atoms with E-state index in [1.165, 1.54) is 12.6 Å². The van der Waals surface area contributed by atoms with Crippen LogP contribution in [0.1, 0.15) is 18.4 Å². The van der Waals surface area contributed by atoms with Crippen molar-refractivity contribution in [2.75, 3.05) is 13.1 Å². The third kappa shape index (κ3) is 2.56. The van der Waals surface area contributed by atoms with Gasteiger partial charge in [0.2, 0.25) is 0 Å². The van der Waals surface area contributed by atoms with Crippen LogP contribution in [0.4, 0.5) is 0 Å². The first-order valence-electron chi connectivity index (χ1n) is 5.27. The Balaban J connectivity index is 1.98. The summed E-state index contributed by atoms with van der Waals surface area (Å²) < 4.78 is 0. The van der Waals surface area contributed by atoms with Crippen molar-refractivity contribution < 1.29 is 0 Å². The first-order chi connectivity index (χ1) is 7.25. The fourth-order valence-electron chi connectivity index (χ4n) is 1.94. The van der Waals surface area contributed by atoms with E-state index >= 15 is 0 Å². The maximum Gasteiger partial charge on any atom is 0.325 e. The first kappa shape index (κ1) is 10.2. The van der Waals surface area contributed by atoms with Gasteiger partial charge in [0.15, 0.2) is 0 Å². The van der Waals surface area contributed by atoms with Gasteiger partial charge in [-0.15, -0.1) is 0 Å². The number of H-pyrrole nitrogens is 2. The molecule has 1 aliphatic heterocycles. The molecule has 0 spiro atoms. The number of aromatic amines is 2. The van der Waals surface area contributed by atoms with Crippen LogP contribution >= 0.6 is 0 Å². The topological polar surface area (TPSA) is 77.8 Å². The second-order valence-corrected chi connectivity index (χ2v) is 3.99. The quantitative estimate of drug-likeness (QED) is 0.634. The zero-order chi connectivity index (χ0) is 10.7. The van der Waals surface area contributed by atoms with Gasteiger partial charge in [0, 0.05) is 11.8 Å². The summed E-state index contributed by atoms with van der Waals surface area (Å²) in [5.41, 5.74) is -0.0301. The van der Waals surface area contributed by atoms with Gasteiger partial charge in [0.25, 0.3) is 5.56 Å². The second-order valence-electron chi connectivity index (χ2n) is 3.99. The average molecular weight is 209 g/mol. The molecule has 0 saturated carbocycles. The van der Waals surface area contributed by atoms with Crippen molar-refractivity contribution in [3.8, 4) is 0 Å². The molecule has 2 heterocycles. The number of aromatic nitrogens is 2. The lowest BCUT2D eigenvalue weighted by Gasteiger charge is -2.06. The molecule has 1 aromatic heterocycles. The molecule has 0 bridgehead atoms. The highest BCUT2D eigenvalue weighted by atomic mass is 16.2. The smallest absolute Gasteiger partial charge is 0.316 e.